The molecule has 0 atom stereocenters. The Balaban J connectivity index is 2.92. The maximum absolute atomic E-state index is 4.56. The van der Waals surface area contributed by atoms with Gasteiger partial charge in [0.1, 0.15) is 5.82 Å². The van der Waals surface area contributed by atoms with E-state index in [4.69, 9.17) is 0 Å². The van der Waals surface area contributed by atoms with E-state index in [1.54, 1.807) is 0 Å². The minimum absolute atomic E-state index is 0.491. The summed E-state index contributed by atoms with van der Waals surface area (Å²) >= 11 is 0. The molecule has 0 saturated heterocycles. The van der Waals surface area contributed by atoms with Gasteiger partial charge < -0.3 is 10.2 Å². The lowest BCUT2D eigenvalue weighted by Gasteiger charge is -2.29. The van der Waals surface area contributed by atoms with Gasteiger partial charge in [-0.3, -0.25) is 0 Å². The average molecular weight is 235 g/mol. The second kappa shape index (κ2) is 7.28. The van der Waals surface area contributed by atoms with Gasteiger partial charge in [-0.05, 0) is 32.9 Å². The number of pyridine rings is 1. The molecule has 0 radical (unpaired) electrons. The zero-order valence-electron chi connectivity index (χ0n) is 11.5. The fraction of sp³-hybridized carbons (Fsp3) is 0.643. The van der Waals surface area contributed by atoms with Gasteiger partial charge in [-0.2, -0.15) is 0 Å². The molecule has 0 fully saturated rings. The third kappa shape index (κ3) is 4.00. The molecule has 0 amide bonds. The maximum Gasteiger partial charge on any atom is 0.133 e. The van der Waals surface area contributed by atoms with Crippen molar-refractivity contribution >= 4 is 5.82 Å². The van der Waals surface area contributed by atoms with E-state index < -0.39 is 0 Å². The van der Waals surface area contributed by atoms with Crippen LogP contribution >= 0.6 is 0 Å². The summed E-state index contributed by atoms with van der Waals surface area (Å²) in [7, 11) is 0. The van der Waals surface area contributed by atoms with Gasteiger partial charge in [0.25, 0.3) is 0 Å². The van der Waals surface area contributed by atoms with Gasteiger partial charge in [0.05, 0.1) is 0 Å². The Hall–Kier alpha value is -1.09. The Morgan fingerprint density at radius 1 is 1.35 bits per heavy atom. The monoisotopic (exact) mass is 235 g/mol. The van der Waals surface area contributed by atoms with E-state index in [1.165, 1.54) is 5.56 Å². The number of nitrogens with zero attached hydrogens (tertiary/aromatic N) is 2. The predicted octanol–water partition coefficient (Wildman–Crippen LogP) is 2.82. The maximum atomic E-state index is 4.56. The predicted molar refractivity (Wildman–Crippen MR) is 74.4 cm³/mol. The number of hydrogen-bond acceptors (Lipinski definition) is 3. The molecule has 3 heteroatoms. The van der Waals surface area contributed by atoms with Crippen molar-refractivity contribution in [3.8, 4) is 0 Å². The Kier molecular flexibility index (Phi) is 5.98. The molecule has 0 aromatic carbocycles. The van der Waals surface area contributed by atoms with Crippen LogP contribution in [0.25, 0.3) is 0 Å². The van der Waals surface area contributed by atoms with Crippen molar-refractivity contribution in [2.75, 3.05) is 18.0 Å². The van der Waals surface area contributed by atoms with E-state index in [0.29, 0.717) is 6.04 Å². The van der Waals surface area contributed by atoms with Crippen LogP contribution in [0.2, 0.25) is 0 Å². The summed E-state index contributed by atoms with van der Waals surface area (Å²) in [6.07, 6.45) is 3.03. The van der Waals surface area contributed by atoms with Gasteiger partial charge in [0.2, 0.25) is 0 Å². The van der Waals surface area contributed by atoms with Crippen LogP contribution in [0.1, 0.15) is 39.7 Å². The van der Waals surface area contributed by atoms with Gasteiger partial charge in [0.15, 0.2) is 0 Å². The third-order valence-corrected chi connectivity index (χ3v) is 2.79. The molecule has 96 valence electrons. The molecule has 0 aliphatic carbocycles. The van der Waals surface area contributed by atoms with Crippen LogP contribution in [0.5, 0.6) is 0 Å². The van der Waals surface area contributed by atoms with Crippen LogP contribution in [0.4, 0.5) is 5.82 Å². The SMILES string of the molecule is CCCN(c1ncccc1CNCC)C(C)C. The number of aromatic nitrogens is 1. The van der Waals surface area contributed by atoms with Crippen molar-refractivity contribution in [2.24, 2.45) is 0 Å². The van der Waals surface area contributed by atoms with Crippen LogP contribution in [0, 0.1) is 0 Å². The Morgan fingerprint density at radius 2 is 2.12 bits per heavy atom. The lowest BCUT2D eigenvalue weighted by atomic mass is 10.2. The standard InChI is InChI=1S/C14H25N3/c1-5-10-17(12(3)4)14-13(11-15-6-2)8-7-9-16-14/h7-9,12,15H,5-6,10-11H2,1-4H3. The summed E-state index contributed by atoms with van der Waals surface area (Å²) in [6, 6.07) is 4.67. The molecule has 0 saturated carbocycles. The minimum atomic E-state index is 0.491. The zero-order valence-corrected chi connectivity index (χ0v) is 11.5. The lowest BCUT2D eigenvalue weighted by Crippen LogP contribution is -2.33. The minimum Gasteiger partial charge on any atom is -0.354 e. The first-order valence-corrected chi connectivity index (χ1v) is 6.61. The topological polar surface area (TPSA) is 28.2 Å². The molecule has 0 unspecified atom stereocenters. The fourth-order valence-corrected chi connectivity index (χ4v) is 1.94. The molecule has 1 rings (SSSR count). The largest absolute Gasteiger partial charge is 0.354 e. The molecule has 17 heavy (non-hydrogen) atoms. The highest BCUT2D eigenvalue weighted by atomic mass is 15.2. The molecule has 1 aromatic heterocycles. The molecule has 0 aliphatic rings. The number of nitrogens with one attached hydrogen (secondary N) is 1. The summed E-state index contributed by atoms with van der Waals surface area (Å²) in [5.74, 6) is 1.13. The van der Waals surface area contributed by atoms with E-state index in [2.05, 4.69) is 49.0 Å². The fourth-order valence-electron chi connectivity index (χ4n) is 1.94. The van der Waals surface area contributed by atoms with E-state index in [0.717, 1.165) is 31.9 Å². The highest BCUT2D eigenvalue weighted by Crippen LogP contribution is 2.19. The normalized spacial score (nSPS) is 10.9. The van der Waals surface area contributed by atoms with Crippen LogP contribution in [0.15, 0.2) is 18.3 Å². The van der Waals surface area contributed by atoms with Crippen LogP contribution in [-0.2, 0) is 6.54 Å². The van der Waals surface area contributed by atoms with Crippen molar-refractivity contribution in [2.45, 2.75) is 46.7 Å². The molecule has 3 nitrogen and oxygen atoms in total. The smallest absolute Gasteiger partial charge is 0.133 e. The summed E-state index contributed by atoms with van der Waals surface area (Å²) < 4.78 is 0. The van der Waals surface area contributed by atoms with Crippen molar-refractivity contribution in [1.82, 2.24) is 10.3 Å². The molecule has 1 heterocycles. The second-order valence-corrected chi connectivity index (χ2v) is 4.55. The lowest BCUT2D eigenvalue weighted by molar-refractivity contribution is 0.649. The zero-order chi connectivity index (χ0) is 12.7. The molecule has 0 spiro atoms. The number of hydrogen-bond donors (Lipinski definition) is 1. The van der Waals surface area contributed by atoms with Gasteiger partial charge >= 0.3 is 0 Å². The van der Waals surface area contributed by atoms with Gasteiger partial charge in [-0.25, -0.2) is 4.98 Å². The number of anilines is 1. The highest BCUT2D eigenvalue weighted by molar-refractivity contribution is 5.47. The summed E-state index contributed by atoms with van der Waals surface area (Å²) in [6.45, 7) is 11.7. The van der Waals surface area contributed by atoms with Crippen LogP contribution < -0.4 is 10.2 Å². The van der Waals surface area contributed by atoms with E-state index in [1.807, 2.05) is 12.3 Å². The first kappa shape index (κ1) is 14.0. The molecule has 1 aromatic rings. The molecule has 0 bridgehead atoms. The Morgan fingerprint density at radius 3 is 2.71 bits per heavy atom. The average Bonchev–Trinajstić information content (AvgIpc) is 2.33. The Bertz CT molecular complexity index is 323. The van der Waals surface area contributed by atoms with Gasteiger partial charge in [-0.15, -0.1) is 0 Å². The summed E-state index contributed by atoms with van der Waals surface area (Å²) in [5, 5.41) is 3.37. The molecular weight excluding hydrogens is 210 g/mol. The molecule has 1 N–H and O–H groups in total. The molecule has 0 aliphatic heterocycles. The first-order chi connectivity index (χ1) is 8.20. The summed E-state index contributed by atoms with van der Waals surface area (Å²) in [5.41, 5.74) is 1.29. The van der Waals surface area contributed by atoms with E-state index in [9.17, 15) is 0 Å². The van der Waals surface area contributed by atoms with Crippen LogP contribution in [-0.4, -0.2) is 24.1 Å². The van der Waals surface area contributed by atoms with Crippen molar-refractivity contribution < 1.29 is 0 Å². The third-order valence-electron chi connectivity index (χ3n) is 2.79. The van der Waals surface area contributed by atoms with E-state index in [-0.39, 0.29) is 0 Å². The quantitative estimate of drug-likeness (QED) is 0.787. The number of rotatable bonds is 7. The van der Waals surface area contributed by atoms with E-state index >= 15 is 0 Å². The second-order valence-electron chi connectivity index (χ2n) is 4.55. The summed E-state index contributed by atoms with van der Waals surface area (Å²) in [4.78, 5) is 6.94. The van der Waals surface area contributed by atoms with Gasteiger partial charge in [0, 0.05) is 30.9 Å². The van der Waals surface area contributed by atoms with Crippen molar-refractivity contribution in [1.29, 1.82) is 0 Å². The van der Waals surface area contributed by atoms with Crippen molar-refractivity contribution in [3.05, 3.63) is 23.9 Å². The first-order valence-electron chi connectivity index (χ1n) is 6.61. The molecular formula is C14H25N3. The van der Waals surface area contributed by atoms with Crippen LogP contribution in [0.3, 0.4) is 0 Å². The van der Waals surface area contributed by atoms with Crippen molar-refractivity contribution in [3.63, 3.8) is 0 Å². The van der Waals surface area contributed by atoms with Gasteiger partial charge in [-0.1, -0.05) is 19.9 Å². The highest BCUT2D eigenvalue weighted by Gasteiger charge is 2.14. The Labute approximate surface area is 105 Å².